The number of hydrogen-bond acceptors (Lipinski definition) is 3. The fraction of sp³-hybridized carbons (Fsp3) is 0.600. The van der Waals surface area contributed by atoms with Crippen molar-refractivity contribution in [3.05, 3.63) is 21.7 Å². The molecule has 1 aromatic rings. The molecule has 2 saturated heterocycles. The number of nitrogens with zero attached hydrogens (tertiary/aromatic N) is 3. The lowest BCUT2D eigenvalue weighted by Crippen LogP contribution is -2.44. The van der Waals surface area contributed by atoms with Gasteiger partial charge in [0.2, 0.25) is 0 Å². The van der Waals surface area contributed by atoms with E-state index >= 15 is 0 Å². The maximum Gasteiger partial charge on any atom is 0.350 e. The van der Waals surface area contributed by atoms with Crippen molar-refractivity contribution in [3.8, 4) is 0 Å². The average Bonchev–Trinajstić information content (AvgIpc) is 2.67. The molecule has 3 aliphatic heterocycles. The largest absolute Gasteiger partial charge is 0.350 e. The van der Waals surface area contributed by atoms with Gasteiger partial charge in [-0.1, -0.05) is 11.6 Å². The molecule has 15 heavy (non-hydrogen) atoms. The molecule has 2 bridgehead atoms. The smallest absolute Gasteiger partial charge is 0.350 e. The molecule has 0 aromatic carbocycles. The Hall–Kier alpha value is -1.03. The zero-order chi connectivity index (χ0) is 10.2. The Morgan fingerprint density at radius 2 is 2.33 bits per heavy atom. The highest BCUT2D eigenvalue weighted by Gasteiger charge is 2.60. The van der Waals surface area contributed by atoms with Crippen LogP contribution in [0.2, 0.25) is 5.15 Å². The van der Waals surface area contributed by atoms with E-state index in [-0.39, 0.29) is 11.2 Å². The van der Waals surface area contributed by atoms with Crippen molar-refractivity contribution in [3.63, 3.8) is 0 Å². The molecule has 78 valence electrons. The minimum absolute atomic E-state index is 0.204. The quantitative estimate of drug-likeness (QED) is 0.613. The maximum absolute atomic E-state index is 11.7. The van der Waals surface area contributed by atoms with Crippen molar-refractivity contribution in [1.29, 1.82) is 0 Å². The molecule has 0 unspecified atom stereocenters. The first-order chi connectivity index (χ1) is 7.18. The van der Waals surface area contributed by atoms with Gasteiger partial charge in [0.25, 0.3) is 0 Å². The van der Waals surface area contributed by atoms with Gasteiger partial charge in [0.1, 0.15) is 11.0 Å². The minimum Gasteiger partial charge on any atom is -0.350 e. The fourth-order valence-electron chi connectivity index (χ4n) is 3.50. The highest BCUT2D eigenvalue weighted by atomic mass is 35.5. The Bertz CT molecular complexity index is 518. The van der Waals surface area contributed by atoms with Crippen molar-refractivity contribution < 1.29 is 0 Å². The Morgan fingerprint density at radius 3 is 3.13 bits per heavy atom. The first kappa shape index (κ1) is 8.16. The summed E-state index contributed by atoms with van der Waals surface area (Å²) in [6.45, 7) is 1.89. The Kier molecular flexibility index (Phi) is 1.20. The van der Waals surface area contributed by atoms with Crippen LogP contribution in [0.15, 0.2) is 10.9 Å². The second kappa shape index (κ2) is 2.21. The summed E-state index contributed by atoms with van der Waals surface area (Å²) >= 11 is 5.83. The summed E-state index contributed by atoms with van der Waals surface area (Å²) in [4.78, 5) is 17.8. The molecule has 1 spiro atoms. The number of fused-ring (bicyclic) bond motifs is 1. The SMILES string of the molecule is O=c1nc(Cl)cc2n1CC13CC(CN21)C3. The van der Waals surface area contributed by atoms with E-state index in [4.69, 9.17) is 11.6 Å². The molecular weight excluding hydrogens is 214 g/mol. The zero-order valence-electron chi connectivity index (χ0n) is 8.11. The molecule has 0 amide bonds. The minimum atomic E-state index is -0.204. The van der Waals surface area contributed by atoms with Gasteiger partial charge < -0.3 is 4.90 Å². The molecule has 1 saturated carbocycles. The lowest BCUT2D eigenvalue weighted by molar-refractivity contribution is 0.229. The Morgan fingerprint density at radius 1 is 1.53 bits per heavy atom. The molecule has 0 atom stereocenters. The van der Waals surface area contributed by atoms with Crippen LogP contribution >= 0.6 is 11.6 Å². The van der Waals surface area contributed by atoms with Crippen LogP contribution < -0.4 is 10.6 Å². The molecule has 1 aliphatic carbocycles. The number of rotatable bonds is 0. The van der Waals surface area contributed by atoms with Gasteiger partial charge in [-0.25, -0.2) is 4.79 Å². The third-order valence-corrected chi connectivity index (χ3v) is 4.23. The predicted octanol–water partition coefficient (Wildman–Crippen LogP) is 0.879. The van der Waals surface area contributed by atoms with Crippen LogP contribution in [0.4, 0.5) is 5.82 Å². The first-order valence-corrected chi connectivity index (χ1v) is 5.61. The van der Waals surface area contributed by atoms with Crippen LogP contribution in [0.3, 0.4) is 0 Å². The summed E-state index contributed by atoms with van der Waals surface area (Å²) in [7, 11) is 0. The van der Waals surface area contributed by atoms with Gasteiger partial charge >= 0.3 is 5.69 Å². The second-order valence-electron chi connectivity index (χ2n) is 4.92. The third kappa shape index (κ3) is 0.807. The summed E-state index contributed by atoms with van der Waals surface area (Å²) in [6.07, 6.45) is 2.46. The van der Waals surface area contributed by atoms with E-state index in [1.807, 2.05) is 6.07 Å². The number of halogens is 1. The zero-order valence-corrected chi connectivity index (χ0v) is 8.87. The van der Waals surface area contributed by atoms with Crippen molar-refractivity contribution in [2.24, 2.45) is 5.92 Å². The number of anilines is 1. The van der Waals surface area contributed by atoms with Crippen LogP contribution in [0.25, 0.3) is 0 Å². The van der Waals surface area contributed by atoms with Crippen LogP contribution in [0.5, 0.6) is 0 Å². The monoisotopic (exact) mass is 223 g/mol. The highest BCUT2D eigenvalue weighted by Crippen LogP contribution is 2.56. The molecule has 5 heteroatoms. The summed E-state index contributed by atoms with van der Waals surface area (Å²) in [5.41, 5.74) is 0.0353. The lowest BCUT2D eigenvalue weighted by Gasteiger charge is -2.37. The maximum atomic E-state index is 11.7. The molecule has 4 aliphatic rings. The van der Waals surface area contributed by atoms with E-state index in [9.17, 15) is 4.79 Å². The van der Waals surface area contributed by atoms with Gasteiger partial charge in [-0.2, -0.15) is 4.98 Å². The van der Waals surface area contributed by atoms with Crippen LogP contribution in [-0.2, 0) is 6.54 Å². The van der Waals surface area contributed by atoms with Gasteiger partial charge in [0, 0.05) is 12.6 Å². The third-order valence-electron chi connectivity index (χ3n) is 4.04. The van der Waals surface area contributed by atoms with E-state index in [1.54, 1.807) is 4.57 Å². The van der Waals surface area contributed by atoms with E-state index in [2.05, 4.69) is 9.88 Å². The normalized spacial score (nSPS) is 35.0. The summed E-state index contributed by atoms with van der Waals surface area (Å²) < 4.78 is 1.77. The van der Waals surface area contributed by atoms with Gasteiger partial charge in [-0.05, 0) is 18.8 Å². The van der Waals surface area contributed by atoms with E-state index in [1.165, 1.54) is 12.8 Å². The van der Waals surface area contributed by atoms with Crippen LogP contribution in [0.1, 0.15) is 12.8 Å². The van der Waals surface area contributed by atoms with Crippen molar-refractivity contribution >= 4 is 17.4 Å². The topological polar surface area (TPSA) is 38.1 Å². The van der Waals surface area contributed by atoms with E-state index in [0.717, 1.165) is 24.8 Å². The molecule has 3 fully saturated rings. The number of hydrogen-bond donors (Lipinski definition) is 0. The summed E-state index contributed by atoms with van der Waals surface area (Å²) in [6, 6.07) is 1.82. The van der Waals surface area contributed by atoms with E-state index in [0.29, 0.717) is 5.15 Å². The van der Waals surface area contributed by atoms with E-state index < -0.39 is 0 Å². The van der Waals surface area contributed by atoms with Crippen LogP contribution in [0, 0.1) is 5.92 Å². The van der Waals surface area contributed by atoms with Crippen molar-refractivity contribution in [2.45, 2.75) is 24.9 Å². The second-order valence-corrected chi connectivity index (χ2v) is 5.30. The van der Waals surface area contributed by atoms with Gasteiger partial charge in [0.15, 0.2) is 0 Å². The van der Waals surface area contributed by atoms with Gasteiger partial charge in [-0.15, -0.1) is 0 Å². The molecular formula is C10H10ClN3O. The summed E-state index contributed by atoms with van der Waals surface area (Å²) in [5, 5.41) is 0.312. The predicted molar refractivity (Wildman–Crippen MR) is 56.3 cm³/mol. The first-order valence-electron chi connectivity index (χ1n) is 5.23. The average molecular weight is 224 g/mol. The Labute approximate surface area is 91.5 Å². The Balaban J connectivity index is 1.97. The van der Waals surface area contributed by atoms with Crippen molar-refractivity contribution in [2.75, 3.05) is 11.4 Å². The standard InChI is InChI=1S/C10H10ClN3O/c11-7-1-8-13(9(15)12-7)5-10-2-6(3-10)4-14(8)10/h1,6H,2-5H2. The fourth-order valence-corrected chi connectivity index (χ4v) is 3.67. The summed E-state index contributed by atoms with van der Waals surface area (Å²) in [5.74, 6) is 1.81. The van der Waals surface area contributed by atoms with Gasteiger partial charge in [0.05, 0.1) is 12.1 Å². The molecule has 0 radical (unpaired) electrons. The van der Waals surface area contributed by atoms with Crippen molar-refractivity contribution in [1.82, 2.24) is 9.55 Å². The molecule has 4 nitrogen and oxygen atoms in total. The van der Waals surface area contributed by atoms with Crippen LogP contribution in [-0.4, -0.2) is 21.6 Å². The molecule has 4 heterocycles. The lowest BCUT2D eigenvalue weighted by atomic mass is 9.74. The molecule has 1 aromatic heterocycles. The van der Waals surface area contributed by atoms with Gasteiger partial charge in [-0.3, -0.25) is 4.57 Å². The highest BCUT2D eigenvalue weighted by molar-refractivity contribution is 6.29. The molecule has 0 N–H and O–H groups in total. The number of aromatic nitrogens is 2. The molecule has 5 rings (SSSR count).